The van der Waals surface area contributed by atoms with E-state index >= 15 is 0 Å². The summed E-state index contributed by atoms with van der Waals surface area (Å²) in [6.07, 6.45) is 0. The molecule has 0 spiro atoms. The summed E-state index contributed by atoms with van der Waals surface area (Å²) in [7, 11) is 1.82. The summed E-state index contributed by atoms with van der Waals surface area (Å²) in [6.45, 7) is 7.47. The van der Waals surface area contributed by atoms with Crippen molar-refractivity contribution in [2.45, 2.75) is 25.5 Å². The zero-order valence-corrected chi connectivity index (χ0v) is 13.0. The highest BCUT2D eigenvalue weighted by Gasteiger charge is 2.15. The van der Waals surface area contributed by atoms with Crippen LogP contribution in [0.4, 0.5) is 0 Å². The molecule has 4 heteroatoms. The number of likely N-dealkylation sites (N-methyl/N-ethyl adjacent to an activating group) is 1. The smallest absolute Gasteiger partial charge is 0.232 e. The van der Waals surface area contributed by atoms with Crippen LogP contribution < -0.4 is 4.74 Å². The van der Waals surface area contributed by atoms with E-state index in [1.807, 2.05) is 37.4 Å². The summed E-state index contributed by atoms with van der Waals surface area (Å²) in [5.74, 6) is 1.51. The Labute approximate surface area is 120 Å². The fraction of sp³-hybridized carbons (Fsp3) is 0.533. The van der Waals surface area contributed by atoms with E-state index in [1.54, 1.807) is 16.7 Å². The van der Waals surface area contributed by atoms with Gasteiger partial charge in [-0.1, -0.05) is 39.0 Å². The van der Waals surface area contributed by atoms with E-state index in [0.29, 0.717) is 18.9 Å². The SMILES string of the molecule is CN(CCOc1ccccc1)C(=O)CSC(C)(C)C. The lowest BCUT2D eigenvalue weighted by Crippen LogP contribution is -2.33. The Balaban J connectivity index is 2.23. The predicted molar refractivity (Wildman–Crippen MR) is 81.8 cm³/mol. The van der Waals surface area contributed by atoms with Gasteiger partial charge in [0.1, 0.15) is 12.4 Å². The first-order valence-corrected chi connectivity index (χ1v) is 7.43. The van der Waals surface area contributed by atoms with Gasteiger partial charge in [-0.25, -0.2) is 0 Å². The summed E-state index contributed by atoms with van der Waals surface area (Å²) < 4.78 is 5.69. The van der Waals surface area contributed by atoms with Crippen LogP contribution in [-0.2, 0) is 4.79 Å². The van der Waals surface area contributed by atoms with E-state index in [9.17, 15) is 4.79 Å². The third kappa shape index (κ3) is 7.11. The minimum absolute atomic E-state index is 0.122. The van der Waals surface area contributed by atoms with Crippen molar-refractivity contribution in [1.82, 2.24) is 4.90 Å². The molecule has 0 N–H and O–H groups in total. The van der Waals surface area contributed by atoms with Crippen LogP contribution in [0, 0.1) is 0 Å². The van der Waals surface area contributed by atoms with E-state index < -0.39 is 0 Å². The van der Waals surface area contributed by atoms with Crippen LogP contribution in [0.25, 0.3) is 0 Å². The first-order valence-electron chi connectivity index (χ1n) is 6.44. The third-order valence-corrected chi connectivity index (χ3v) is 3.75. The lowest BCUT2D eigenvalue weighted by atomic mass is 10.3. The summed E-state index contributed by atoms with van der Waals surface area (Å²) >= 11 is 1.67. The second kappa shape index (κ2) is 7.43. The largest absolute Gasteiger partial charge is 0.492 e. The van der Waals surface area contributed by atoms with E-state index in [2.05, 4.69) is 20.8 Å². The maximum atomic E-state index is 11.9. The van der Waals surface area contributed by atoms with Crippen LogP contribution in [-0.4, -0.2) is 41.5 Å². The number of ether oxygens (including phenoxy) is 1. The van der Waals surface area contributed by atoms with Crippen molar-refractivity contribution in [3.05, 3.63) is 30.3 Å². The molecular weight excluding hydrogens is 258 g/mol. The number of hydrogen-bond acceptors (Lipinski definition) is 3. The number of amides is 1. The molecule has 1 aromatic rings. The van der Waals surface area contributed by atoms with Crippen molar-refractivity contribution < 1.29 is 9.53 Å². The summed E-state index contributed by atoms with van der Waals surface area (Å²) in [6, 6.07) is 9.65. The monoisotopic (exact) mass is 281 g/mol. The normalized spacial score (nSPS) is 11.2. The van der Waals surface area contributed by atoms with Crippen molar-refractivity contribution in [2.75, 3.05) is 26.0 Å². The topological polar surface area (TPSA) is 29.5 Å². The molecule has 1 aromatic carbocycles. The van der Waals surface area contributed by atoms with Crippen LogP contribution in [0.5, 0.6) is 5.75 Å². The van der Waals surface area contributed by atoms with Crippen molar-refractivity contribution in [2.24, 2.45) is 0 Å². The Morgan fingerprint density at radius 3 is 2.47 bits per heavy atom. The van der Waals surface area contributed by atoms with Gasteiger partial charge < -0.3 is 9.64 Å². The van der Waals surface area contributed by atoms with Crippen LogP contribution >= 0.6 is 11.8 Å². The Morgan fingerprint density at radius 1 is 1.26 bits per heavy atom. The van der Waals surface area contributed by atoms with Crippen molar-refractivity contribution >= 4 is 17.7 Å². The third-order valence-electron chi connectivity index (χ3n) is 2.49. The summed E-state index contributed by atoms with van der Waals surface area (Å²) in [4.78, 5) is 13.6. The van der Waals surface area contributed by atoms with Gasteiger partial charge in [-0.05, 0) is 12.1 Å². The molecule has 0 saturated carbocycles. The Bertz CT molecular complexity index is 387. The molecule has 0 radical (unpaired) electrons. The van der Waals surface area contributed by atoms with Gasteiger partial charge in [0.25, 0.3) is 0 Å². The molecule has 0 unspecified atom stereocenters. The van der Waals surface area contributed by atoms with E-state index in [-0.39, 0.29) is 10.7 Å². The second-order valence-corrected chi connectivity index (χ2v) is 7.18. The molecule has 0 heterocycles. The average Bonchev–Trinajstić information content (AvgIpc) is 2.36. The first-order chi connectivity index (χ1) is 8.88. The first kappa shape index (κ1) is 15.9. The minimum atomic E-state index is 0.122. The number of nitrogens with zero attached hydrogens (tertiary/aromatic N) is 1. The maximum Gasteiger partial charge on any atom is 0.232 e. The number of benzene rings is 1. The zero-order valence-electron chi connectivity index (χ0n) is 12.2. The quantitative estimate of drug-likeness (QED) is 0.802. The fourth-order valence-electron chi connectivity index (χ4n) is 1.33. The molecule has 3 nitrogen and oxygen atoms in total. The molecular formula is C15H23NO2S. The number of thioether (sulfide) groups is 1. The van der Waals surface area contributed by atoms with Gasteiger partial charge in [0.15, 0.2) is 0 Å². The number of carbonyl (C=O) groups is 1. The number of para-hydroxylation sites is 1. The minimum Gasteiger partial charge on any atom is -0.492 e. The molecule has 19 heavy (non-hydrogen) atoms. The van der Waals surface area contributed by atoms with Crippen LogP contribution in [0.2, 0.25) is 0 Å². The maximum absolute atomic E-state index is 11.9. The number of rotatable bonds is 6. The van der Waals surface area contributed by atoms with E-state index in [0.717, 1.165) is 5.75 Å². The van der Waals surface area contributed by atoms with Gasteiger partial charge in [0.2, 0.25) is 5.91 Å². The van der Waals surface area contributed by atoms with Gasteiger partial charge in [0.05, 0.1) is 12.3 Å². The molecule has 106 valence electrons. The van der Waals surface area contributed by atoms with Gasteiger partial charge in [0, 0.05) is 11.8 Å². The van der Waals surface area contributed by atoms with Crippen LogP contribution in [0.1, 0.15) is 20.8 Å². The molecule has 1 amide bonds. The van der Waals surface area contributed by atoms with Crippen molar-refractivity contribution in [3.63, 3.8) is 0 Å². The molecule has 0 fully saturated rings. The Morgan fingerprint density at radius 2 is 1.89 bits per heavy atom. The second-order valence-electron chi connectivity index (χ2n) is 5.38. The van der Waals surface area contributed by atoms with Crippen LogP contribution in [0.3, 0.4) is 0 Å². The molecule has 0 aromatic heterocycles. The molecule has 0 bridgehead atoms. The number of carbonyl (C=O) groups excluding carboxylic acids is 1. The van der Waals surface area contributed by atoms with Crippen molar-refractivity contribution in [1.29, 1.82) is 0 Å². The average molecular weight is 281 g/mol. The molecule has 0 saturated heterocycles. The molecule has 0 aliphatic carbocycles. The van der Waals surface area contributed by atoms with Crippen LogP contribution in [0.15, 0.2) is 30.3 Å². The van der Waals surface area contributed by atoms with E-state index in [1.165, 1.54) is 0 Å². The standard InChI is InChI=1S/C15H23NO2S/c1-15(2,3)19-12-14(17)16(4)10-11-18-13-8-6-5-7-9-13/h5-9H,10-12H2,1-4H3. The highest BCUT2D eigenvalue weighted by atomic mass is 32.2. The molecule has 1 rings (SSSR count). The highest BCUT2D eigenvalue weighted by molar-refractivity contribution is 8.01. The Kier molecular flexibility index (Phi) is 6.22. The van der Waals surface area contributed by atoms with Gasteiger partial charge in [-0.2, -0.15) is 0 Å². The van der Waals surface area contributed by atoms with Gasteiger partial charge in [-0.3, -0.25) is 4.79 Å². The fourth-order valence-corrected chi connectivity index (χ4v) is 2.11. The lowest BCUT2D eigenvalue weighted by molar-refractivity contribution is -0.127. The summed E-state index contributed by atoms with van der Waals surface area (Å²) in [5.41, 5.74) is 0. The predicted octanol–water partition coefficient (Wildman–Crippen LogP) is 3.06. The molecule has 0 aliphatic rings. The lowest BCUT2D eigenvalue weighted by Gasteiger charge is -2.21. The van der Waals surface area contributed by atoms with Gasteiger partial charge >= 0.3 is 0 Å². The molecule has 0 aliphatic heterocycles. The zero-order chi connectivity index (χ0) is 14.3. The van der Waals surface area contributed by atoms with E-state index in [4.69, 9.17) is 4.74 Å². The van der Waals surface area contributed by atoms with Gasteiger partial charge in [-0.15, -0.1) is 11.8 Å². The highest BCUT2D eigenvalue weighted by Crippen LogP contribution is 2.22. The molecule has 0 atom stereocenters. The Hall–Kier alpha value is -1.16. The van der Waals surface area contributed by atoms with Crippen molar-refractivity contribution in [3.8, 4) is 5.75 Å². The number of hydrogen-bond donors (Lipinski definition) is 0. The summed E-state index contributed by atoms with van der Waals surface area (Å²) in [5, 5.41) is 0.